The van der Waals surface area contributed by atoms with Crippen LogP contribution in [0.5, 0.6) is 0 Å². The van der Waals surface area contributed by atoms with Crippen molar-refractivity contribution in [2.75, 3.05) is 19.0 Å². The molecule has 1 heterocycles. The first-order valence-corrected chi connectivity index (χ1v) is 6.26. The molecule has 0 bridgehead atoms. The molecular formula is C16H20N3+. The van der Waals surface area contributed by atoms with E-state index in [-0.39, 0.29) is 0 Å². The van der Waals surface area contributed by atoms with Gasteiger partial charge in [-0.05, 0) is 29.3 Å². The number of rotatable bonds is 3. The third-order valence-electron chi connectivity index (χ3n) is 3.04. The van der Waals surface area contributed by atoms with Crippen LogP contribution in [0, 0.1) is 0 Å². The normalized spacial score (nSPS) is 11.4. The first-order chi connectivity index (χ1) is 9.06. The highest BCUT2D eigenvalue weighted by molar-refractivity contribution is 5.79. The Labute approximate surface area is 114 Å². The molecule has 0 aliphatic rings. The third-order valence-corrected chi connectivity index (χ3v) is 3.04. The molecule has 2 aromatic rings. The average molecular weight is 254 g/mol. The molecule has 3 nitrogen and oxygen atoms in total. The summed E-state index contributed by atoms with van der Waals surface area (Å²) in [5.74, 6) is 0. The fourth-order valence-corrected chi connectivity index (χ4v) is 1.82. The predicted octanol–water partition coefficient (Wildman–Crippen LogP) is 2.03. The number of anilines is 1. The smallest absolute Gasteiger partial charge is 0.169 e. The van der Waals surface area contributed by atoms with E-state index >= 15 is 0 Å². The van der Waals surface area contributed by atoms with E-state index in [0.717, 1.165) is 16.8 Å². The molecule has 0 saturated heterocycles. The van der Waals surface area contributed by atoms with Gasteiger partial charge < -0.3 is 10.6 Å². The van der Waals surface area contributed by atoms with Crippen LogP contribution in [-0.2, 0) is 7.05 Å². The molecule has 0 aliphatic heterocycles. The quantitative estimate of drug-likeness (QED) is 0.850. The van der Waals surface area contributed by atoms with Gasteiger partial charge in [-0.1, -0.05) is 12.1 Å². The van der Waals surface area contributed by atoms with Crippen LogP contribution in [-0.4, -0.2) is 14.1 Å². The SMILES string of the molecule is CN(C)c1ccc(/C(N)=C/c2cc[n+](C)cc2)cc1. The van der Waals surface area contributed by atoms with E-state index in [2.05, 4.69) is 17.0 Å². The molecular weight excluding hydrogens is 234 g/mol. The Kier molecular flexibility index (Phi) is 3.85. The van der Waals surface area contributed by atoms with Crippen LogP contribution in [0.2, 0.25) is 0 Å². The van der Waals surface area contributed by atoms with Gasteiger partial charge in [-0.3, -0.25) is 0 Å². The number of aromatic nitrogens is 1. The number of hydrogen-bond acceptors (Lipinski definition) is 2. The van der Waals surface area contributed by atoms with E-state index in [1.165, 1.54) is 5.69 Å². The first-order valence-electron chi connectivity index (χ1n) is 6.26. The molecule has 0 saturated carbocycles. The molecule has 0 fully saturated rings. The summed E-state index contributed by atoms with van der Waals surface area (Å²) in [7, 11) is 6.05. The van der Waals surface area contributed by atoms with Crippen molar-refractivity contribution in [2.24, 2.45) is 12.8 Å². The van der Waals surface area contributed by atoms with E-state index in [0.29, 0.717) is 0 Å². The third kappa shape index (κ3) is 3.35. The topological polar surface area (TPSA) is 33.1 Å². The van der Waals surface area contributed by atoms with Gasteiger partial charge in [0.2, 0.25) is 0 Å². The highest BCUT2D eigenvalue weighted by Crippen LogP contribution is 2.17. The largest absolute Gasteiger partial charge is 0.398 e. The van der Waals surface area contributed by atoms with Gasteiger partial charge in [0.15, 0.2) is 12.4 Å². The Bertz CT molecular complexity index is 566. The molecule has 2 N–H and O–H groups in total. The maximum Gasteiger partial charge on any atom is 0.169 e. The Balaban J connectivity index is 2.23. The zero-order chi connectivity index (χ0) is 13.8. The fraction of sp³-hybridized carbons (Fsp3) is 0.188. The van der Waals surface area contributed by atoms with Gasteiger partial charge in [-0.2, -0.15) is 0 Å². The van der Waals surface area contributed by atoms with Crippen LogP contribution < -0.4 is 15.2 Å². The Hall–Kier alpha value is -2.29. The highest BCUT2D eigenvalue weighted by atomic mass is 15.1. The molecule has 1 aromatic heterocycles. The summed E-state index contributed by atoms with van der Waals surface area (Å²) in [5.41, 5.74) is 10.2. The van der Waals surface area contributed by atoms with Gasteiger partial charge in [-0.15, -0.1) is 0 Å². The molecule has 0 radical (unpaired) electrons. The molecule has 98 valence electrons. The number of hydrogen-bond donors (Lipinski definition) is 1. The Morgan fingerprint density at radius 3 is 2.16 bits per heavy atom. The zero-order valence-corrected chi connectivity index (χ0v) is 11.7. The Morgan fingerprint density at radius 2 is 1.63 bits per heavy atom. The molecule has 0 aliphatic carbocycles. The maximum absolute atomic E-state index is 6.13. The summed E-state index contributed by atoms with van der Waals surface area (Å²) in [6, 6.07) is 12.3. The standard InChI is InChI=1S/C16H19N3/c1-18(2)15-6-4-14(5-7-15)16(17)12-13-8-10-19(3)11-9-13/h4-12,17H,1-3H3/p+1. The Morgan fingerprint density at radius 1 is 1.05 bits per heavy atom. The highest BCUT2D eigenvalue weighted by Gasteiger charge is 2.00. The van der Waals surface area contributed by atoms with Crippen LogP contribution in [0.25, 0.3) is 11.8 Å². The van der Waals surface area contributed by atoms with Crippen LogP contribution >= 0.6 is 0 Å². The van der Waals surface area contributed by atoms with E-state index in [9.17, 15) is 0 Å². The fourth-order valence-electron chi connectivity index (χ4n) is 1.82. The predicted molar refractivity (Wildman–Crippen MR) is 80.4 cm³/mol. The number of nitrogens with zero attached hydrogens (tertiary/aromatic N) is 2. The van der Waals surface area contributed by atoms with Crippen molar-refractivity contribution < 1.29 is 4.57 Å². The van der Waals surface area contributed by atoms with Gasteiger partial charge in [0.25, 0.3) is 0 Å². The maximum atomic E-state index is 6.13. The number of aryl methyl sites for hydroxylation is 1. The van der Waals surface area contributed by atoms with Crippen molar-refractivity contribution in [3.8, 4) is 0 Å². The molecule has 0 spiro atoms. The monoisotopic (exact) mass is 254 g/mol. The molecule has 0 amide bonds. The van der Waals surface area contributed by atoms with Gasteiger partial charge in [0, 0.05) is 37.6 Å². The lowest BCUT2D eigenvalue weighted by atomic mass is 10.1. The lowest BCUT2D eigenvalue weighted by Crippen LogP contribution is -2.25. The molecule has 19 heavy (non-hydrogen) atoms. The molecule has 0 unspecified atom stereocenters. The van der Waals surface area contributed by atoms with Gasteiger partial charge in [0.05, 0.1) is 0 Å². The second kappa shape index (κ2) is 5.57. The summed E-state index contributed by atoms with van der Waals surface area (Å²) in [6.45, 7) is 0. The molecule has 0 atom stereocenters. The van der Waals surface area contributed by atoms with Gasteiger partial charge in [-0.25, -0.2) is 4.57 Å². The molecule has 3 heteroatoms. The van der Waals surface area contributed by atoms with E-state index in [4.69, 9.17) is 5.73 Å². The van der Waals surface area contributed by atoms with Crippen LogP contribution in [0.4, 0.5) is 5.69 Å². The number of nitrogens with two attached hydrogens (primary N) is 1. The molecule has 1 aromatic carbocycles. The minimum absolute atomic E-state index is 0.777. The van der Waals surface area contributed by atoms with Crippen molar-refractivity contribution in [1.29, 1.82) is 0 Å². The van der Waals surface area contributed by atoms with E-state index in [1.54, 1.807) is 0 Å². The van der Waals surface area contributed by atoms with Crippen molar-refractivity contribution >= 4 is 17.5 Å². The van der Waals surface area contributed by atoms with Crippen LogP contribution in [0.1, 0.15) is 11.1 Å². The van der Waals surface area contributed by atoms with E-state index in [1.807, 2.05) is 68.4 Å². The van der Waals surface area contributed by atoms with Gasteiger partial charge in [0.1, 0.15) is 7.05 Å². The summed E-state index contributed by atoms with van der Waals surface area (Å²) >= 11 is 0. The van der Waals surface area contributed by atoms with Crippen molar-refractivity contribution in [3.05, 3.63) is 59.9 Å². The minimum atomic E-state index is 0.777. The lowest BCUT2D eigenvalue weighted by Gasteiger charge is -2.12. The summed E-state index contributed by atoms with van der Waals surface area (Å²) in [6.07, 6.45) is 6.01. The number of pyridine rings is 1. The summed E-state index contributed by atoms with van der Waals surface area (Å²) < 4.78 is 2.00. The van der Waals surface area contributed by atoms with Crippen LogP contribution in [0.3, 0.4) is 0 Å². The first kappa shape index (κ1) is 13.1. The average Bonchev–Trinajstić information content (AvgIpc) is 2.41. The van der Waals surface area contributed by atoms with Crippen molar-refractivity contribution in [1.82, 2.24) is 0 Å². The second-order valence-electron chi connectivity index (χ2n) is 4.84. The zero-order valence-electron chi connectivity index (χ0n) is 11.7. The lowest BCUT2D eigenvalue weighted by molar-refractivity contribution is -0.671. The van der Waals surface area contributed by atoms with E-state index < -0.39 is 0 Å². The number of benzene rings is 1. The minimum Gasteiger partial charge on any atom is -0.398 e. The summed E-state index contributed by atoms with van der Waals surface area (Å²) in [4.78, 5) is 2.07. The molecule has 2 rings (SSSR count). The van der Waals surface area contributed by atoms with Crippen molar-refractivity contribution in [2.45, 2.75) is 0 Å². The summed E-state index contributed by atoms with van der Waals surface area (Å²) in [5, 5.41) is 0. The second-order valence-corrected chi connectivity index (χ2v) is 4.84. The van der Waals surface area contributed by atoms with Gasteiger partial charge >= 0.3 is 0 Å². The van der Waals surface area contributed by atoms with Crippen molar-refractivity contribution in [3.63, 3.8) is 0 Å². The van der Waals surface area contributed by atoms with Crippen LogP contribution in [0.15, 0.2) is 48.8 Å².